The number of halogens is 1. The molecule has 162 valence electrons. The number of thiocarbonyl (C=S) groups is 1. The van der Waals surface area contributed by atoms with Crippen molar-refractivity contribution in [1.29, 1.82) is 0 Å². The average Bonchev–Trinajstić information content (AvgIpc) is 3.45. The first-order valence-corrected chi connectivity index (χ1v) is 10.6. The van der Waals surface area contributed by atoms with Crippen LogP contribution in [0.1, 0.15) is 5.56 Å². The Balaban J connectivity index is 1.43. The Bertz CT molecular complexity index is 1430. The quantitative estimate of drug-likeness (QED) is 0.201. The number of hydrogen-bond donors (Lipinski definition) is 2. The van der Waals surface area contributed by atoms with Crippen LogP contribution in [0.15, 0.2) is 101 Å². The molecule has 0 aliphatic carbocycles. The Labute approximate surface area is 194 Å². The monoisotopic (exact) mass is 455 g/mol. The van der Waals surface area contributed by atoms with Crippen LogP contribution in [0.3, 0.4) is 0 Å². The summed E-state index contributed by atoms with van der Waals surface area (Å²) in [4.78, 5) is 0. The Kier molecular flexibility index (Phi) is 5.65. The first-order chi connectivity index (χ1) is 16.2. The van der Waals surface area contributed by atoms with Crippen molar-refractivity contribution in [3.63, 3.8) is 0 Å². The SMILES string of the molecule is Fc1ccccc1NC(=S)N/N=C\c1cn(-c2ccccc2)nc1-c1cc2ccccc2o1. The standard InChI is InChI=1S/C25H18FN5OS/c26-20-11-5-6-12-21(20)28-25(33)29-27-15-18-16-31(19-9-2-1-3-10-19)30-24(18)23-14-17-8-4-7-13-22(17)32-23/h1-16H,(H2,28,29,33)/b27-15-. The summed E-state index contributed by atoms with van der Waals surface area (Å²) in [5, 5.41) is 12.9. The molecule has 33 heavy (non-hydrogen) atoms. The Morgan fingerprint density at radius 2 is 1.76 bits per heavy atom. The van der Waals surface area contributed by atoms with Gasteiger partial charge in [0.25, 0.3) is 0 Å². The molecular weight excluding hydrogens is 437 g/mol. The zero-order valence-corrected chi connectivity index (χ0v) is 18.1. The summed E-state index contributed by atoms with van der Waals surface area (Å²) < 4.78 is 21.6. The van der Waals surface area contributed by atoms with Gasteiger partial charge in [0.1, 0.15) is 17.1 Å². The van der Waals surface area contributed by atoms with Crippen molar-refractivity contribution in [2.75, 3.05) is 5.32 Å². The highest BCUT2D eigenvalue weighted by molar-refractivity contribution is 7.80. The summed E-state index contributed by atoms with van der Waals surface area (Å²) in [6.07, 6.45) is 3.46. The minimum atomic E-state index is -0.401. The molecule has 5 aromatic rings. The van der Waals surface area contributed by atoms with E-state index in [1.54, 1.807) is 29.1 Å². The highest BCUT2D eigenvalue weighted by Gasteiger charge is 2.15. The highest BCUT2D eigenvalue weighted by Crippen LogP contribution is 2.29. The molecule has 2 N–H and O–H groups in total. The smallest absolute Gasteiger partial charge is 0.191 e. The van der Waals surface area contributed by atoms with Crippen LogP contribution < -0.4 is 10.7 Å². The van der Waals surface area contributed by atoms with Gasteiger partial charge in [0, 0.05) is 17.1 Å². The van der Waals surface area contributed by atoms with Gasteiger partial charge in [-0.25, -0.2) is 9.07 Å². The molecule has 0 amide bonds. The van der Waals surface area contributed by atoms with Crippen molar-refractivity contribution in [2.24, 2.45) is 5.10 Å². The molecular formula is C25H18FN5OS. The van der Waals surface area contributed by atoms with Gasteiger partial charge in [0.2, 0.25) is 0 Å². The summed E-state index contributed by atoms with van der Waals surface area (Å²) in [7, 11) is 0. The fourth-order valence-electron chi connectivity index (χ4n) is 3.36. The Morgan fingerprint density at radius 3 is 2.58 bits per heavy atom. The number of fused-ring (bicyclic) bond motifs is 1. The molecule has 6 nitrogen and oxygen atoms in total. The molecule has 5 rings (SSSR count). The molecule has 0 aliphatic rings. The van der Waals surface area contributed by atoms with Gasteiger partial charge in [-0.2, -0.15) is 10.2 Å². The maximum Gasteiger partial charge on any atom is 0.191 e. The van der Waals surface area contributed by atoms with Crippen LogP contribution in [0.4, 0.5) is 10.1 Å². The lowest BCUT2D eigenvalue weighted by molar-refractivity contribution is 0.627. The molecule has 3 aromatic carbocycles. The van der Waals surface area contributed by atoms with E-state index in [1.165, 1.54) is 6.07 Å². The van der Waals surface area contributed by atoms with Crippen LogP contribution in [0, 0.1) is 5.82 Å². The van der Waals surface area contributed by atoms with Gasteiger partial charge in [-0.1, -0.05) is 48.5 Å². The van der Waals surface area contributed by atoms with E-state index in [0.29, 0.717) is 11.5 Å². The number of benzene rings is 3. The Hall–Kier alpha value is -4.30. The van der Waals surface area contributed by atoms with Crippen molar-refractivity contribution in [3.8, 4) is 17.1 Å². The van der Waals surface area contributed by atoms with E-state index in [-0.39, 0.29) is 10.8 Å². The minimum Gasteiger partial charge on any atom is -0.454 e. The number of nitrogens with one attached hydrogen (secondary N) is 2. The number of para-hydroxylation sites is 3. The number of rotatable bonds is 5. The zero-order valence-electron chi connectivity index (χ0n) is 17.3. The summed E-state index contributed by atoms with van der Waals surface area (Å²) in [6, 6.07) is 25.8. The van der Waals surface area contributed by atoms with Gasteiger partial charge >= 0.3 is 0 Å². The van der Waals surface area contributed by atoms with Crippen LogP contribution in [0.25, 0.3) is 28.1 Å². The summed E-state index contributed by atoms with van der Waals surface area (Å²) >= 11 is 5.22. The minimum absolute atomic E-state index is 0.164. The summed E-state index contributed by atoms with van der Waals surface area (Å²) in [5.74, 6) is 0.223. The first-order valence-electron chi connectivity index (χ1n) is 10.2. The molecule has 0 fully saturated rings. The van der Waals surface area contributed by atoms with Crippen molar-refractivity contribution in [3.05, 3.63) is 103 Å². The lowest BCUT2D eigenvalue weighted by Gasteiger charge is -2.07. The number of hydrazone groups is 1. The molecule has 0 spiro atoms. The molecule has 0 radical (unpaired) electrons. The van der Waals surface area contributed by atoms with Crippen LogP contribution >= 0.6 is 12.2 Å². The van der Waals surface area contributed by atoms with Gasteiger partial charge in [-0.05, 0) is 48.6 Å². The molecule has 0 aliphatic heterocycles. The van der Waals surface area contributed by atoms with Crippen molar-refractivity contribution in [2.45, 2.75) is 0 Å². The molecule has 2 heterocycles. The first kappa shape index (κ1) is 20.6. The van der Waals surface area contributed by atoms with Gasteiger partial charge in [-0.15, -0.1) is 0 Å². The van der Waals surface area contributed by atoms with Gasteiger partial charge in [-0.3, -0.25) is 5.43 Å². The molecule has 0 unspecified atom stereocenters. The molecule has 0 saturated carbocycles. The van der Waals surface area contributed by atoms with Crippen LogP contribution in [0.5, 0.6) is 0 Å². The second-order valence-corrected chi connectivity index (χ2v) is 7.57. The molecule has 0 saturated heterocycles. The number of furan rings is 1. The largest absolute Gasteiger partial charge is 0.454 e. The third-order valence-corrected chi connectivity index (χ3v) is 5.11. The molecule has 2 aromatic heterocycles. The van der Waals surface area contributed by atoms with Crippen LogP contribution in [-0.2, 0) is 0 Å². The maximum absolute atomic E-state index is 13.8. The third kappa shape index (κ3) is 4.51. The van der Waals surface area contributed by atoms with Crippen molar-refractivity contribution >= 4 is 40.2 Å². The van der Waals surface area contributed by atoms with Crippen molar-refractivity contribution in [1.82, 2.24) is 15.2 Å². The summed E-state index contributed by atoms with van der Waals surface area (Å²) in [5.41, 5.74) is 6.02. The normalized spacial score (nSPS) is 11.2. The van der Waals surface area contributed by atoms with E-state index in [0.717, 1.165) is 22.2 Å². The molecule has 0 bridgehead atoms. The predicted octanol–water partition coefficient (Wildman–Crippen LogP) is 5.75. The highest BCUT2D eigenvalue weighted by atomic mass is 32.1. The number of nitrogens with zero attached hydrogens (tertiary/aromatic N) is 3. The lowest BCUT2D eigenvalue weighted by atomic mass is 10.2. The van der Waals surface area contributed by atoms with Gasteiger partial charge in [0.05, 0.1) is 17.6 Å². The fourth-order valence-corrected chi connectivity index (χ4v) is 3.52. The molecule has 0 atom stereocenters. The van der Waals surface area contributed by atoms with E-state index < -0.39 is 5.82 Å². The van der Waals surface area contributed by atoms with E-state index >= 15 is 0 Å². The fraction of sp³-hybridized carbons (Fsp3) is 0. The summed E-state index contributed by atoms with van der Waals surface area (Å²) in [6.45, 7) is 0. The topological polar surface area (TPSA) is 67.4 Å². The van der Waals surface area contributed by atoms with Gasteiger partial charge < -0.3 is 9.73 Å². The van der Waals surface area contributed by atoms with Gasteiger partial charge in [0.15, 0.2) is 10.9 Å². The molecule has 8 heteroatoms. The average molecular weight is 456 g/mol. The second kappa shape index (κ2) is 9.05. The number of aromatic nitrogens is 2. The maximum atomic E-state index is 13.8. The zero-order chi connectivity index (χ0) is 22.6. The predicted molar refractivity (Wildman–Crippen MR) is 132 cm³/mol. The van der Waals surface area contributed by atoms with E-state index in [1.807, 2.05) is 66.9 Å². The van der Waals surface area contributed by atoms with Crippen LogP contribution in [-0.4, -0.2) is 21.1 Å². The number of anilines is 1. The van der Waals surface area contributed by atoms with Crippen molar-refractivity contribution < 1.29 is 8.81 Å². The second-order valence-electron chi connectivity index (χ2n) is 7.17. The number of hydrogen-bond acceptors (Lipinski definition) is 4. The van der Waals surface area contributed by atoms with E-state index in [9.17, 15) is 4.39 Å². The third-order valence-electron chi connectivity index (χ3n) is 4.91. The van der Waals surface area contributed by atoms with Crippen LogP contribution in [0.2, 0.25) is 0 Å². The van der Waals surface area contributed by atoms with E-state index in [2.05, 4.69) is 15.8 Å². The Morgan fingerprint density at radius 1 is 1.00 bits per heavy atom. The van der Waals surface area contributed by atoms with E-state index in [4.69, 9.17) is 21.7 Å². The lowest BCUT2D eigenvalue weighted by Crippen LogP contribution is -2.24.